The summed E-state index contributed by atoms with van der Waals surface area (Å²) in [6.07, 6.45) is 1.91. The zero-order valence-electron chi connectivity index (χ0n) is 17.0. The van der Waals surface area contributed by atoms with Crippen molar-refractivity contribution in [1.29, 1.82) is 0 Å². The molecule has 0 spiro atoms. The van der Waals surface area contributed by atoms with E-state index in [1.807, 2.05) is 30.3 Å². The van der Waals surface area contributed by atoms with Gasteiger partial charge >= 0.3 is 0 Å². The molecule has 1 unspecified atom stereocenters. The fourth-order valence-corrected chi connectivity index (χ4v) is 3.84. The Kier molecular flexibility index (Phi) is 6.01. The van der Waals surface area contributed by atoms with Gasteiger partial charge in [0.25, 0.3) is 0 Å². The molecule has 4 rings (SSSR count). The summed E-state index contributed by atoms with van der Waals surface area (Å²) in [6.45, 7) is 1.48. The van der Waals surface area contributed by atoms with Crippen molar-refractivity contribution in [2.45, 2.75) is 25.5 Å². The van der Waals surface area contributed by atoms with Crippen LogP contribution in [0.25, 0.3) is 0 Å². The molecule has 1 N–H and O–H groups in total. The number of rotatable bonds is 7. The summed E-state index contributed by atoms with van der Waals surface area (Å²) in [4.78, 5) is 0. The van der Waals surface area contributed by atoms with E-state index in [0.29, 0.717) is 6.61 Å². The van der Waals surface area contributed by atoms with Gasteiger partial charge in [-0.15, -0.1) is 0 Å². The van der Waals surface area contributed by atoms with Crippen LogP contribution in [0.4, 0.5) is 0 Å². The highest BCUT2D eigenvalue weighted by Gasteiger charge is 2.23. The molecule has 150 valence electrons. The third-order valence-corrected chi connectivity index (χ3v) is 5.42. The number of hydrogen-bond acceptors (Lipinski definition) is 4. The van der Waals surface area contributed by atoms with Crippen molar-refractivity contribution in [3.8, 4) is 17.2 Å². The first kappa shape index (κ1) is 19.3. The van der Waals surface area contributed by atoms with Crippen molar-refractivity contribution in [3.05, 3.63) is 89.0 Å². The number of methoxy groups -OCH3 is 2. The molecule has 1 heterocycles. The van der Waals surface area contributed by atoms with E-state index in [9.17, 15) is 0 Å². The molecule has 0 saturated carbocycles. The second-order valence-corrected chi connectivity index (χ2v) is 7.29. The molecule has 0 amide bonds. The molecule has 29 heavy (non-hydrogen) atoms. The molecule has 0 bridgehead atoms. The van der Waals surface area contributed by atoms with E-state index in [-0.39, 0.29) is 6.04 Å². The molecule has 0 fully saturated rings. The summed E-state index contributed by atoms with van der Waals surface area (Å²) < 4.78 is 17.0. The smallest absolute Gasteiger partial charge is 0.162 e. The molecule has 0 aromatic heterocycles. The van der Waals surface area contributed by atoms with Crippen LogP contribution in [0.2, 0.25) is 0 Å². The average Bonchev–Trinajstić information content (AvgIpc) is 2.78. The van der Waals surface area contributed by atoms with Gasteiger partial charge in [-0.25, -0.2) is 0 Å². The molecule has 4 heteroatoms. The minimum Gasteiger partial charge on any atom is -0.497 e. The molecule has 3 aromatic carbocycles. The maximum absolute atomic E-state index is 6.14. The monoisotopic (exact) mass is 389 g/mol. The molecule has 1 aliphatic rings. The van der Waals surface area contributed by atoms with Gasteiger partial charge in [-0.05, 0) is 65.9 Å². The fourth-order valence-electron chi connectivity index (χ4n) is 3.84. The number of fused-ring (bicyclic) bond motifs is 1. The molecular weight excluding hydrogens is 362 g/mol. The van der Waals surface area contributed by atoms with E-state index in [4.69, 9.17) is 14.2 Å². The third kappa shape index (κ3) is 4.54. The van der Waals surface area contributed by atoms with Crippen molar-refractivity contribution in [1.82, 2.24) is 5.32 Å². The summed E-state index contributed by atoms with van der Waals surface area (Å²) >= 11 is 0. The Hall–Kier alpha value is -2.98. The molecule has 1 atom stereocenters. The van der Waals surface area contributed by atoms with Crippen molar-refractivity contribution in [2.24, 2.45) is 0 Å². The van der Waals surface area contributed by atoms with Crippen molar-refractivity contribution in [3.63, 3.8) is 0 Å². The first-order chi connectivity index (χ1) is 14.3. The molecule has 3 aromatic rings. The number of hydrogen-bond donors (Lipinski definition) is 1. The Morgan fingerprint density at radius 1 is 0.862 bits per heavy atom. The van der Waals surface area contributed by atoms with Crippen LogP contribution in [0.15, 0.2) is 66.7 Å². The van der Waals surface area contributed by atoms with Crippen LogP contribution in [-0.2, 0) is 19.4 Å². The van der Waals surface area contributed by atoms with Crippen LogP contribution < -0.4 is 19.5 Å². The zero-order valence-corrected chi connectivity index (χ0v) is 17.0. The van der Waals surface area contributed by atoms with E-state index >= 15 is 0 Å². The Morgan fingerprint density at radius 3 is 2.38 bits per heavy atom. The van der Waals surface area contributed by atoms with E-state index in [1.165, 1.54) is 16.7 Å². The standard InChI is InChI=1S/C25H27NO3/c1-27-21-10-8-18(9-11-21)14-23-22-16-25(29-17-19-6-4-3-5-7-19)24(28-2)15-20(22)12-13-26-23/h3-11,15-16,23,26H,12-14,17H2,1-2H3. The minimum absolute atomic E-state index is 0.247. The first-order valence-corrected chi connectivity index (χ1v) is 10.0. The summed E-state index contributed by atoms with van der Waals surface area (Å²) in [6, 6.07) is 23.0. The quantitative estimate of drug-likeness (QED) is 0.635. The van der Waals surface area contributed by atoms with Gasteiger partial charge < -0.3 is 19.5 Å². The van der Waals surface area contributed by atoms with Gasteiger partial charge in [-0.2, -0.15) is 0 Å². The van der Waals surface area contributed by atoms with Crippen LogP contribution in [0.1, 0.15) is 28.3 Å². The van der Waals surface area contributed by atoms with E-state index in [0.717, 1.165) is 42.2 Å². The lowest BCUT2D eigenvalue weighted by Gasteiger charge is -2.28. The lowest BCUT2D eigenvalue weighted by Crippen LogP contribution is -2.31. The Balaban J connectivity index is 1.57. The van der Waals surface area contributed by atoms with Gasteiger partial charge in [-0.1, -0.05) is 42.5 Å². The predicted octanol–water partition coefficient (Wildman–Crippen LogP) is 4.71. The highest BCUT2D eigenvalue weighted by molar-refractivity contribution is 5.50. The number of nitrogens with one attached hydrogen (secondary N) is 1. The van der Waals surface area contributed by atoms with E-state index in [2.05, 4.69) is 41.7 Å². The van der Waals surface area contributed by atoms with Crippen LogP contribution in [0, 0.1) is 0 Å². The second-order valence-electron chi connectivity index (χ2n) is 7.29. The summed E-state index contributed by atoms with van der Waals surface area (Å²) in [7, 11) is 3.39. The Bertz CT molecular complexity index is 938. The molecule has 0 radical (unpaired) electrons. The fraction of sp³-hybridized carbons (Fsp3) is 0.280. The predicted molar refractivity (Wildman–Crippen MR) is 115 cm³/mol. The highest BCUT2D eigenvalue weighted by atomic mass is 16.5. The summed E-state index contributed by atoms with van der Waals surface area (Å²) in [5.74, 6) is 2.47. The van der Waals surface area contributed by atoms with Crippen LogP contribution in [0.3, 0.4) is 0 Å². The van der Waals surface area contributed by atoms with Gasteiger partial charge in [0, 0.05) is 6.04 Å². The SMILES string of the molecule is COc1ccc(CC2NCCc3cc(OC)c(OCc4ccccc4)cc32)cc1. The van der Waals surface area contributed by atoms with Gasteiger partial charge in [-0.3, -0.25) is 0 Å². The van der Waals surface area contributed by atoms with Crippen LogP contribution >= 0.6 is 0 Å². The summed E-state index contributed by atoms with van der Waals surface area (Å²) in [5, 5.41) is 3.66. The third-order valence-electron chi connectivity index (χ3n) is 5.42. The van der Waals surface area contributed by atoms with Crippen molar-refractivity contribution >= 4 is 0 Å². The molecule has 4 nitrogen and oxygen atoms in total. The topological polar surface area (TPSA) is 39.7 Å². The maximum atomic E-state index is 6.14. The van der Waals surface area contributed by atoms with Gasteiger partial charge in [0.1, 0.15) is 12.4 Å². The van der Waals surface area contributed by atoms with Crippen LogP contribution in [0.5, 0.6) is 17.2 Å². The highest BCUT2D eigenvalue weighted by Crippen LogP contribution is 2.37. The maximum Gasteiger partial charge on any atom is 0.162 e. The molecular formula is C25H27NO3. The molecule has 0 saturated heterocycles. The van der Waals surface area contributed by atoms with E-state index < -0.39 is 0 Å². The Morgan fingerprint density at radius 2 is 1.66 bits per heavy atom. The largest absolute Gasteiger partial charge is 0.497 e. The minimum atomic E-state index is 0.247. The van der Waals surface area contributed by atoms with Gasteiger partial charge in [0.2, 0.25) is 0 Å². The number of benzene rings is 3. The number of ether oxygens (including phenoxy) is 3. The molecule has 1 aliphatic heterocycles. The normalized spacial score (nSPS) is 15.4. The average molecular weight is 389 g/mol. The van der Waals surface area contributed by atoms with Crippen molar-refractivity contribution in [2.75, 3.05) is 20.8 Å². The lowest BCUT2D eigenvalue weighted by atomic mass is 9.90. The summed E-state index contributed by atoms with van der Waals surface area (Å²) in [5.41, 5.74) is 5.03. The van der Waals surface area contributed by atoms with Gasteiger partial charge in [0.05, 0.1) is 14.2 Å². The van der Waals surface area contributed by atoms with Gasteiger partial charge in [0.15, 0.2) is 11.5 Å². The van der Waals surface area contributed by atoms with E-state index in [1.54, 1.807) is 14.2 Å². The Labute approximate surface area is 172 Å². The first-order valence-electron chi connectivity index (χ1n) is 10.0. The zero-order chi connectivity index (χ0) is 20.1. The second kappa shape index (κ2) is 9.01. The molecule has 0 aliphatic carbocycles. The van der Waals surface area contributed by atoms with Crippen molar-refractivity contribution < 1.29 is 14.2 Å². The lowest BCUT2D eigenvalue weighted by molar-refractivity contribution is 0.283. The van der Waals surface area contributed by atoms with Crippen LogP contribution in [-0.4, -0.2) is 20.8 Å².